The summed E-state index contributed by atoms with van der Waals surface area (Å²) in [5.74, 6) is 1.37. The number of amides is 1. The molecule has 0 saturated carbocycles. The molecule has 0 aliphatic carbocycles. The number of hydrogen-bond donors (Lipinski definition) is 1. The van der Waals surface area contributed by atoms with E-state index in [1.54, 1.807) is 42.0 Å². The lowest BCUT2D eigenvalue weighted by atomic mass is 10.3. The molecule has 0 radical (unpaired) electrons. The number of furan rings is 1. The van der Waals surface area contributed by atoms with Crippen molar-refractivity contribution in [1.29, 1.82) is 0 Å². The Morgan fingerprint density at radius 2 is 2.19 bits per heavy atom. The Hall–Kier alpha value is -2.69. The van der Waals surface area contributed by atoms with E-state index in [4.69, 9.17) is 13.9 Å². The Morgan fingerprint density at radius 3 is 2.97 bits per heavy atom. The van der Waals surface area contributed by atoms with Crippen molar-refractivity contribution in [2.45, 2.75) is 37.1 Å². The van der Waals surface area contributed by atoms with Crippen LogP contribution in [0.5, 0.6) is 0 Å². The second-order valence-electron chi connectivity index (χ2n) is 7.34. The average molecular weight is 461 g/mol. The number of carbonyl (C=O) groups is 1. The molecule has 1 amide bonds. The van der Waals surface area contributed by atoms with Gasteiger partial charge in [-0.2, -0.15) is 0 Å². The standard InChI is InChI=1S/C22H25FN4O4S/c1-29-13-15-8-9-19(31-15)21(28)24-11-10-20-25-26-22(32-14-16-5-4-12-30-16)27(20)18-7-3-2-6-17(18)23/h2-3,6-9,16H,4-5,10-14H2,1H3,(H,24,28)/t16-/m1/s1. The second kappa shape index (κ2) is 10.8. The normalized spacial score (nSPS) is 15.9. The highest BCUT2D eigenvalue weighted by Crippen LogP contribution is 2.27. The minimum atomic E-state index is -0.363. The molecule has 32 heavy (non-hydrogen) atoms. The lowest BCUT2D eigenvalue weighted by molar-refractivity contribution is 0.0917. The first-order chi connectivity index (χ1) is 15.7. The number of rotatable bonds is 10. The third kappa shape index (κ3) is 5.37. The summed E-state index contributed by atoms with van der Waals surface area (Å²) >= 11 is 1.50. The fourth-order valence-corrected chi connectivity index (χ4v) is 4.50. The molecule has 170 valence electrons. The number of carbonyl (C=O) groups excluding carboxylic acids is 1. The van der Waals surface area contributed by atoms with E-state index in [2.05, 4.69) is 15.5 Å². The number of benzene rings is 1. The fraction of sp³-hybridized carbons (Fsp3) is 0.409. The van der Waals surface area contributed by atoms with Crippen LogP contribution < -0.4 is 5.32 Å². The zero-order chi connectivity index (χ0) is 22.3. The zero-order valence-corrected chi connectivity index (χ0v) is 18.6. The van der Waals surface area contributed by atoms with Crippen molar-refractivity contribution < 1.29 is 23.1 Å². The lowest BCUT2D eigenvalue weighted by Crippen LogP contribution is -2.26. The van der Waals surface area contributed by atoms with Crippen LogP contribution in [0, 0.1) is 5.82 Å². The van der Waals surface area contributed by atoms with Gasteiger partial charge in [0.15, 0.2) is 10.9 Å². The molecular weight excluding hydrogens is 435 g/mol. The van der Waals surface area contributed by atoms with Gasteiger partial charge in [-0.15, -0.1) is 10.2 Å². The van der Waals surface area contributed by atoms with Gasteiger partial charge in [0.05, 0.1) is 11.8 Å². The van der Waals surface area contributed by atoms with Crippen LogP contribution in [0.2, 0.25) is 0 Å². The predicted molar refractivity (Wildman–Crippen MR) is 116 cm³/mol. The van der Waals surface area contributed by atoms with Gasteiger partial charge < -0.3 is 19.2 Å². The van der Waals surface area contributed by atoms with Crippen molar-refractivity contribution in [1.82, 2.24) is 20.1 Å². The number of nitrogens with one attached hydrogen (secondary N) is 1. The summed E-state index contributed by atoms with van der Waals surface area (Å²) in [6.07, 6.45) is 2.61. The van der Waals surface area contributed by atoms with E-state index in [1.807, 2.05) is 0 Å². The van der Waals surface area contributed by atoms with E-state index in [-0.39, 0.29) is 23.6 Å². The molecule has 0 unspecified atom stereocenters. The summed E-state index contributed by atoms with van der Waals surface area (Å²) in [5.41, 5.74) is 0.379. The van der Waals surface area contributed by atoms with Gasteiger partial charge in [-0.05, 0) is 37.1 Å². The summed E-state index contributed by atoms with van der Waals surface area (Å²) in [7, 11) is 1.56. The average Bonchev–Trinajstić information content (AvgIpc) is 3.54. The highest BCUT2D eigenvalue weighted by atomic mass is 32.2. The predicted octanol–water partition coefficient (Wildman–Crippen LogP) is 3.39. The third-order valence-electron chi connectivity index (χ3n) is 5.02. The van der Waals surface area contributed by atoms with E-state index in [9.17, 15) is 9.18 Å². The van der Waals surface area contributed by atoms with Crippen LogP contribution in [-0.2, 0) is 22.5 Å². The fourth-order valence-electron chi connectivity index (χ4n) is 3.47. The van der Waals surface area contributed by atoms with Crippen LogP contribution >= 0.6 is 11.8 Å². The van der Waals surface area contributed by atoms with Crippen molar-refractivity contribution in [2.24, 2.45) is 0 Å². The Morgan fingerprint density at radius 1 is 1.31 bits per heavy atom. The van der Waals surface area contributed by atoms with E-state index >= 15 is 0 Å². The van der Waals surface area contributed by atoms with Crippen LogP contribution in [0.25, 0.3) is 5.69 Å². The Bertz CT molecular complexity index is 1050. The minimum Gasteiger partial charge on any atom is -0.453 e. The molecule has 1 atom stereocenters. The van der Waals surface area contributed by atoms with Gasteiger partial charge in [0.1, 0.15) is 24.0 Å². The van der Waals surface area contributed by atoms with E-state index in [0.717, 1.165) is 25.2 Å². The molecule has 0 bridgehead atoms. The van der Waals surface area contributed by atoms with Gasteiger partial charge in [0.2, 0.25) is 0 Å². The summed E-state index contributed by atoms with van der Waals surface area (Å²) < 4.78 is 32.4. The summed E-state index contributed by atoms with van der Waals surface area (Å²) in [4.78, 5) is 12.3. The third-order valence-corrected chi connectivity index (χ3v) is 6.08. The van der Waals surface area contributed by atoms with E-state index in [1.165, 1.54) is 17.8 Å². The highest BCUT2D eigenvalue weighted by Gasteiger charge is 2.21. The van der Waals surface area contributed by atoms with Gasteiger partial charge in [0, 0.05) is 32.4 Å². The smallest absolute Gasteiger partial charge is 0.287 e. The molecule has 1 N–H and O–H groups in total. The molecule has 1 saturated heterocycles. The minimum absolute atomic E-state index is 0.171. The lowest BCUT2D eigenvalue weighted by Gasteiger charge is -2.13. The largest absolute Gasteiger partial charge is 0.453 e. The van der Waals surface area contributed by atoms with Gasteiger partial charge in [-0.3, -0.25) is 9.36 Å². The molecule has 1 aliphatic heterocycles. The Balaban J connectivity index is 1.45. The maximum atomic E-state index is 14.6. The molecule has 2 aromatic heterocycles. The Labute approximate surface area is 189 Å². The van der Waals surface area contributed by atoms with Crippen LogP contribution in [0.1, 0.15) is 35.0 Å². The summed E-state index contributed by atoms with van der Waals surface area (Å²) in [6, 6.07) is 9.81. The van der Waals surface area contributed by atoms with E-state index in [0.29, 0.717) is 42.0 Å². The number of para-hydroxylation sites is 1. The van der Waals surface area contributed by atoms with Crippen molar-refractivity contribution in [2.75, 3.05) is 26.0 Å². The van der Waals surface area contributed by atoms with Gasteiger partial charge in [0.25, 0.3) is 5.91 Å². The Kier molecular flexibility index (Phi) is 7.56. The summed E-state index contributed by atoms with van der Waals surface area (Å²) in [5, 5.41) is 12.0. The number of hydrogen-bond acceptors (Lipinski definition) is 7. The van der Waals surface area contributed by atoms with Crippen molar-refractivity contribution in [3.63, 3.8) is 0 Å². The number of halogens is 1. The quantitative estimate of drug-likeness (QED) is 0.464. The van der Waals surface area contributed by atoms with Crippen molar-refractivity contribution in [3.05, 3.63) is 59.6 Å². The molecule has 3 heterocycles. The summed E-state index contributed by atoms with van der Waals surface area (Å²) in [6.45, 7) is 1.37. The zero-order valence-electron chi connectivity index (χ0n) is 17.8. The number of nitrogens with zero attached hydrogens (tertiary/aromatic N) is 3. The first kappa shape index (κ1) is 22.5. The first-order valence-electron chi connectivity index (χ1n) is 10.4. The van der Waals surface area contributed by atoms with Gasteiger partial charge in [-0.1, -0.05) is 23.9 Å². The van der Waals surface area contributed by atoms with E-state index < -0.39 is 0 Å². The number of thioether (sulfide) groups is 1. The van der Waals surface area contributed by atoms with Crippen molar-refractivity contribution in [3.8, 4) is 5.69 Å². The molecular formula is C22H25FN4O4S. The highest BCUT2D eigenvalue weighted by molar-refractivity contribution is 7.99. The van der Waals surface area contributed by atoms with Gasteiger partial charge in [-0.25, -0.2) is 4.39 Å². The van der Waals surface area contributed by atoms with Crippen LogP contribution in [0.4, 0.5) is 4.39 Å². The second-order valence-corrected chi connectivity index (χ2v) is 8.32. The molecule has 3 aromatic rings. The first-order valence-corrected chi connectivity index (χ1v) is 11.4. The van der Waals surface area contributed by atoms with Crippen LogP contribution in [0.15, 0.2) is 46.0 Å². The molecule has 1 aromatic carbocycles. The monoisotopic (exact) mass is 460 g/mol. The SMILES string of the molecule is COCc1ccc(C(=O)NCCc2nnc(SC[C@H]3CCCO3)n2-c2ccccc2F)o1. The molecule has 4 rings (SSSR count). The van der Waals surface area contributed by atoms with Crippen LogP contribution in [0.3, 0.4) is 0 Å². The topological polar surface area (TPSA) is 91.4 Å². The van der Waals surface area contributed by atoms with Crippen LogP contribution in [-0.4, -0.2) is 52.8 Å². The van der Waals surface area contributed by atoms with Crippen molar-refractivity contribution >= 4 is 17.7 Å². The molecule has 0 spiro atoms. The maximum absolute atomic E-state index is 14.6. The number of methoxy groups -OCH3 is 1. The molecule has 10 heteroatoms. The number of aromatic nitrogens is 3. The molecule has 8 nitrogen and oxygen atoms in total. The van der Waals surface area contributed by atoms with Gasteiger partial charge >= 0.3 is 0 Å². The molecule has 1 fully saturated rings. The maximum Gasteiger partial charge on any atom is 0.287 e. The number of ether oxygens (including phenoxy) is 2. The molecule has 1 aliphatic rings.